The lowest BCUT2D eigenvalue weighted by Gasteiger charge is -2.30. The van der Waals surface area contributed by atoms with E-state index in [4.69, 9.17) is 26.6 Å². The Hall–Kier alpha value is -1.63. The van der Waals surface area contributed by atoms with Gasteiger partial charge in [-0.2, -0.15) is 0 Å². The summed E-state index contributed by atoms with van der Waals surface area (Å²) in [4.78, 5) is 0. The Morgan fingerprint density at radius 1 is 0.500 bits per heavy atom. The van der Waals surface area contributed by atoms with E-state index in [1.54, 1.807) is 0 Å². The number of hydrogen-bond donors (Lipinski definition) is 0. The first-order chi connectivity index (χ1) is 19.5. The minimum atomic E-state index is -3.09. The fourth-order valence-electron chi connectivity index (χ4n) is 4.13. The molecule has 0 aliphatic carbocycles. The van der Waals surface area contributed by atoms with Crippen molar-refractivity contribution in [3.8, 4) is 0 Å². The smallest absolute Gasteiger partial charge is 0.370 e. The van der Waals surface area contributed by atoms with Crippen LogP contribution in [0.1, 0.15) is 91.2 Å². The fraction of sp³-hybridized carbons (Fsp3) is 0.562. The molecular weight excluding hydrogens is 537 g/mol. The SMILES string of the molecule is C=C(c1cccc([Si](OCCC)(OCCC)OCCC)c1)c1cccc([Si](OCCC)(OCCC)OCCC)c1. The van der Waals surface area contributed by atoms with Gasteiger partial charge in [0.05, 0.1) is 0 Å². The van der Waals surface area contributed by atoms with Crippen LogP contribution in [-0.4, -0.2) is 57.3 Å². The molecule has 2 aromatic rings. The molecule has 0 aromatic heterocycles. The second-order valence-electron chi connectivity index (χ2n) is 9.84. The van der Waals surface area contributed by atoms with Gasteiger partial charge in [0, 0.05) is 50.0 Å². The first kappa shape index (κ1) is 34.6. The molecule has 2 aromatic carbocycles. The Labute approximate surface area is 245 Å². The molecule has 0 atom stereocenters. The van der Waals surface area contributed by atoms with Crippen molar-refractivity contribution in [1.82, 2.24) is 0 Å². The van der Waals surface area contributed by atoms with E-state index in [0.29, 0.717) is 39.6 Å². The first-order valence-corrected chi connectivity index (χ1v) is 18.6. The lowest BCUT2D eigenvalue weighted by molar-refractivity contribution is 0.0726. The molecule has 0 N–H and O–H groups in total. The molecule has 8 heteroatoms. The summed E-state index contributed by atoms with van der Waals surface area (Å²) in [5.41, 5.74) is 2.90. The summed E-state index contributed by atoms with van der Waals surface area (Å²) in [6.45, 7) is 20.7. The standard InChI is InChI=1S/C32H52O6Si2/c1-8-20-33-39(34-21-9-2,35-22-10-3)31-18-14-16-29(26-31)28(7)30-17-15-19-32(27-30)40(36-23-11-4,37-24-12-5)38-25-13-6/h14-19,26-27H,7-13,20-25H2,1-6H3. The van der Waals surface area contributed by atoms with Crippen LogP contribution in [0.25, 0.3) is 5.57 Å². The van der Waals surface area contributed by atoms with Crippen molar-refractivity contribution in [3.63, 3.8) is 0 Å². The molecule has 0 heterocycles. The molecule has 0 radical (unpaired) electrons. The molecule has 0 unspecified atom stereocenters. The zero-order valence-corrected chi connectivity index (χ0v) is 27.8. The average Bonchev–Trinajstić information content (AvgIpc) is 3.00. The van der Waals surface area contributed by atoms with Crippen LogP contribution in [0.5, 0.6) is 0 Å². The third-order valence-corrected chi connectivity index (χ3v) is 11.6. The Balaban J connectivity index is 2.51. The van der Waals surface area contributed by atoms with Gasteiger partial charge in [0.25, 0.3) is 0 Å². The molecular formula is C32H52O6Si2. The summed E-state index contributed by atoms with van der Waals surface area (Å²) < 4.78 is 38.4. The maximum Gasteiger partial charge on any atom is 0.537 e. The van der Waals surface area contributed by atoms with Crippen LogP contribution in [0, 0.1) is 0 Å². The van der Waals surface area contributed by atoms with Crippen molar-refractivity contribution in [2.45, 2.75) is 80.1 Å². The van der Waals surface area contributed by atoms with Crippen molar-refractivity contribution in [2.24, 2.45) is 0 Å². The van der Waals surface area contributed by atoms with E-state index in [1.165, 1.54) is 0 Å². The predicted molar refractivity (Wildman–Crippen MR) is 169 cm³/mol. The molecule has 6 nitrogen and oxygen atoms in total. The number of benzene rings is 2. The Kier molecular flexibility index (Phi) is 16.2. The second kappa shape index (κ2) is 18.7. The highest BCUT2D eigenvalue weighted by Crippen LogP contribution is 2.24. The van der Waals surface area contributed by atoms with Crippen LogP contribution < -0.4 is 10.4 Å². The van der Waals surface area contributed by atoms with E-state index in [1.807, 2.05) is 12.1 Å². The van der Waals surface area contributed by atoms with Crippen molar-refractivity contribution < 1.29 is 26.6 Å². The summed E-state index contributed by atoms with van der Waals surface area (Å²) in [5, 5.41) is 1.93. The van der Waals surface area contributed by atoms with Gasteiger partial charge in [-0.15, -0.1) is 0 Å². The number of hydrogen-bond acceptors (Lipinski definition) is 6. The van der Waals surface area contributed by atoms with Crippen molar-refractivity contribution >= 4 is 33.6 Å². The van der Waals surface area contributed by atoms with E-state index in [9.17, 15) is 0 Å². The summed E-state index contributed by atoms with van der Waals surface area (Å²) in [5.74, 6) is 0. The van der Waals surface area contributed by atoms with Gasteiger partial charge in [-0.05, 0) is 67.4 Å². The lowest BCUT2D eigenvalue weighted by atomic mass is 10.00. The Morgan fingerprint density at radius 2 is 0.775 bits per heavy atom. The Bertz CT molecular complexity index is 878. The average molecular weight is 589 g/mol. The molecule has 0 bridgehead atoms. The van der Waals surface area contributed by atoms with Crippen LogP contribution in [-0.2, 0) is 26.6 Å². The molecule has 0 saturated carbocycles. The molecule has 0 amide bonds. The minimum Gasteiger partial charge on any atom is -0.370 e. The molecule has 0 aliphatic rings. The summed E-state index contributed by atoms with van der Waals surface area (Å²) in [6, 6.07) is 16.6. The maximum absolute atomic E-state index is 6.41. The van der Waals surface area contributed by atoms with Gasteiger partial charge >= 0.3 is 17.6 Å². The van der Waals surface area contributed by atoms with Gasteiger partial charge < -0.3 is 26.6 Å². The van der Waals surface area contributed by atoms with Gasteiger partial charge in [-0.25, -0.2) is 0 Å². The largest absolute Gasteiger partial charge is 0.537 e. The highest BCUT2D eigenvalue weighted by atomic mass is 28.4. The van der Waals surface area contributed by atoms with E-state index >= 15 is 0 Å². The first-order valence-electron chi connectivity index (χ1n) is 15.2. The minimum absolute atomic E-state index is 0.590. The third kappa shape index (κ3) is 9.74. The predicted octanol–water partition coefficient (Wildman–Crippen LogP) is 6.60. The van der Waals surface area contributed by atoms with E-state index < -0.39 is 17.6 Å². The fourth-order valence-corrected chi connectivity index (χ4v) is 9.73. The van der Waals surface area contributed by atoms with Crippen LogP contribution in [0.4, 0.5) is 0 Å². The quantitative estimate of drug-likeness (QED) is 0.145. The number of rotatable bonds is 22. The van der Waals surface area contributed by atoms with Gasteiger partial charge in [0.15, 0.2) is 0 Å². The highest BCUT2D eigenvalue weighted by Gasteiger charge is 2.45. The van der Waals surface area contributed by atoms with Crippen LogP contribution in [0.15, 0.2) is 55.1 Å². The van der Waals surface area contributed by atoms with E-state index in [2.05, 4.69) is 84.5 Å². The second-order valence-corrected chi connectivity index (χ2v) is 15.0. The molecule has 0 spiro atoms. The Morgan fingerprint density at radius 3 is 1.02 bits per heavy atom. The normalized spacial score (nSPS) is 12.2. The van der Waals surface area contributed by atoms with Gasteiger partial charge in [-0.1, -0.05) is 84.5 Å². The summed E-state index contributed by atoms with van der Waals surface area (Å²) in [7, 11) is -6.19. The van der Waals surface area contributed by atoms with Crippen LogP contribution in [0.3, 0.4) is 0 Å². The highest BCUT2D eigenvalue weighted by molar-refractivity contribution is 6.76. The van der Waals surface area contributed by atoms with Crippen molar-refractivity contribution in [3.05, 3.63) is 66.2 Å². The summed E-state index contributed by atoms with van der Waals surface area (Å²) >= 11 is 0. The third-order valence-electron chi connectivity index (χ3n) is 6.11. The van der Waals surface area contributed by atoms with Crippen molar-refractivity contribution in [1.29, 1.82) is 0 Å². The van der Waals surface area contributed by atoms with Gasteiger partial charge in [-0.3, -0.25) is 0 Å². The lowest BCUT2D eigenvalue weighted by Crippen LogP contribution is -2.57. The molecule has 40 heavy (non-hydrogen) atoms. The molecule has 224 valence electrons. The topological polar surface area (TPSA) is 55.4 Å². The van der Waals surface area contributed by atoms with E-state index in [-0.39, 0.29) is 0 Å². The molecule has 0 fully saturated rings. The molecule has 0 saturated heterocycles. The van der Waals surface area contributed by atoms with Gasteiger partial charge in [0.1, 0.15) is 0 Å². The summed E-state index contributed by atoms with van der Waals surface area (Å²) in [6.07, 6.45) is 5.36. The van der Waals surface area contributed by atoms with Gasteiger partial charge in [0.2, 0.25) is 0 Å². The maximum atomic E-state index is 6.41. The molecule has 0 aliphatic heterocycles. The van der Waals surface area contributed by atoms with E-state index in [0.717, 1.165) is 65.6 Å². The van der Waals surface area contributed by atoms with Crippen molar-refractivity contribution in [2.75, 3.05) is 39.6 Å². The monoisotopic (exact) mass is 588 g/mol. The van der Waals surface area contributed by atoms with Crippen LogP contribution >= 0.6 is 0 Å². The zero-order chi connectivity index (χ0) is 29.3. The zero-order valence-electron chi connectivity index (χ0n) is 25.8. The molecule has 2 rings (SSSR count). The van der Waals surface area contributed by atoms with Crippen LogP contribution in [0.2, 0.25) is 0 Å².